The molecule has 1 heterocycles. The molecule has 6 nitrogen and oxygen atoms in total. The largest absolute Gasteiger partial charge is 0.433 e. The highest BCUT2D eigenvalue weighted by Gasteiger charge is 2.09. The van der Waals surface area contributed by atoms with Crippen LogP contribution < -0.4 is 5.32 Å². The maximum atomic E-state index is 10.8. The topological polar surface area (TPSA) is 85.4 Å². The van der Waals surface area contributed by atoms with Crippen molar-refractivity contribution in [3.8, 4) is 0 Å². The summed E-state index contributed by atoms with van der Waals surface area (Å²) in [6.45, 7) is 0. The van der Waals surface area contributed by atoms with E-state index < -0.39 is 4.92 Å². The normalized spacial score (nSPS) is 10.4. The Morgan fingerprint density at radius 1 is 1.64 bits per heavy atom. The predicted molar refractivity (Wildman–Crippen MR) is 48.5 cm³/mol. The lowest BCUT2D eigenvalue weighted by Gasteiger charge is -1.87. The first kappa shape index (κ1) is 9.97. The van der Waals surface area contributed by atoms with E-state index in [1.807, 2.05) is 0 Å². The second kappa shape index (κ2) is 4.22. The Kier molecular flexibility index (Phi) is 3.01. The molecule has 0 aromatic carbocycles. The fourth-order valence-electron chi connectivity index (χ4n) is 0.771. The Morgan fingerprint density at radius 3 is 2.86 bits per heavy atom. The summed E-state index contributed by atoms with van der Waals surface area (Å²) in [7, 11) is 1.48. The number of nitro groups is 1. The van der Waals surface area contributed by atoms with Crippen molar-refractivity contribution in [3.63, 3.8) is 0 Å². The first-order valence-electron chi connectivity index (χ1n) is 3.77. The zero-order chi connectivity index (χ0) is 10.6. The fourth-order valence-corrected chi connectivity index (χ4v) is 0.771. The van der Waals surface area contributed by atoms with E-state index in [-0.39, 0.29) is 17.6 Å². The van der Waals surface area contributed by atoms with Crippen molar-refractivity contribution in [2.75, 3.05) is 7.05 Å². The minimum absolute atomic E-state index is 0.264. The van der Waals surface area contributed by atoms with Gasteiger partial charge in [0.15, 0.2) is 0 Å². The highest BCUT2D eigenvalue weighted by atomic mass is 16.6. The summed E-state index contributed by atoms with van der Waals surface area (Å²) < 4.78 is 4.77. The first-order valence-corrected chi connectivity index (χ1v) is 3.77. The average Bonchev–Trinajstić information content (AvgIpc) is 2.62. The summed E-state index contributed by atoms with van der Waals surface area (Å²) in [5, 5.41) is 12.6. The summed E-state index contributed by atoms with van der Waals surface area (Å²) in [6, 6.07) is 2.64. The van der Waals surface area contributed by atoms with Gasteiger partial charge in [-0.05, 0) is 12.1 Å². The van der Waals surface area contributed by atoms with Gasteiger partial charge in [0.25, 0.3) is 0 Å². The van der Waals surface area contributed by atoms with Gasteiger partial charge in [0.05, 0.1) is 6.07 Å². The molecular weight excluding hydrogens is 188 g/mol. The number of carbonyl (C=O) groups excluding carboxylic acids is 1. The number of rotatable bonds is 3. The van der Waals surface area contributed by atoms with Crippen LogP contribution in [0.1, 0.15) is 5.76 Å². The quantitative estimate of drug-likeness (QED) is 0.443. The van der Waals surface area contributed by atoms with Gasteiger partial charge in [0.1, 0.15) is 10.7 Å². The van der Waals surface area contributed by atoms with E-state index in [1.165, 1.54) is 31.3 Å². The van der Waals surface area contributed by atoms with Crippen LogP contribution in [0.15, 0.2) is 22.6 Å². The van der Waals surface area contributed by atoms with Crippen LogP contribution in [0, 0.1) is 10.1 Å². The maximum Gasteiger partial charge on any atom is 0.433 e. The molecule has 0 aliphatic rings. The number of hydrogen-bond donors (Lipinski definition) is 1. The molecule has 0 saturated heterocycles. The van der Waals surface area contributed by atoms with Crippen molar-refractivity contribution in [2.45, 2.75) is 0 Å². The van der Waals surface area contributed by atoms with Crippen molar-refractivity contribution in [3.05, 3.63) is 34.1 Å². The monoisotopic (exact) mass is 196 g/mol. The third-order valence-electron chi connectivity index (χ3n) is 1.44. The van der Waals surface area contributed by atoms with Crippen LogP contribution in [0.25, 0.3) is 6.08 Å². The van der Waals surface area contributed by atoms with E-state index in [4.69, 9.17) is 4.42 Å². The van der Waals surface area contributed by atoms with Crippen molar-refractivity contribution in [2.24, 2.45) is 0 Å². The molecule has 0 atom stereocenters. The SMILES string of the molecule is CNC(=O)/C=C/c1ccc([N+](=O)[O-])o1. The van der Waals surface area contributed by atoms with Crippen molar-refractivity contribution < 1.29 is 14.1 Å². The van der Waals surface area contributed by atoms with E-state index in [0.29, 0.717) is 0 Å². The lowest BCUT2D eigenvalue weighted by Crippen LogP contribution is -2.13. The summed E-state index contributed by atoms with van der Waals surface area (Å²) in [5.41, 5.74) is 0. The molecule has 1 N–H and O–H groups in total. The molecule has 6 heteroatoms. The molecule has 1 aromatic heterocycles. The zero-order valence-corrected chi connectivity index (χ0v) is 7.39. The second-order valence-corrected chi connectivity index (χ2v) is 2.38. The van der Waals surface area contributed by atoms with Gasteiger partial charge in [-0.3, -0.25) is 14.9 Å². The van der Waals surface area contributed by atoms with Gasteiger partial charge in [-0.15, -0.1) is 0 Å². The Labute approximate surface area is 79.4 Å². The second-order valence-electron chi connectivity index (χ2n) is 2.38. The third-order valence-corrected chi connectivity index (χ3v) is 1.44. The maximum absolute atomic E-state index is 10.8. The number of hydrogen-bond acceptors (Lipinski definition) is 4. The Hall–Kier alpha value is -2.11. The molecule has 1 rings (SSSR count). The number of likely N-dealkylation sites (N-methyl/N-ethyl adjacent to an activating group) is 1. The number of nitrogens with one attached hydrogen (secondary N) is 1. The van der Waals surface area contributed by atoms with Crippen LogP contribution in [0.3, 0.4) is 0 Å². The predicted octanol–water partition coefficient (Wildman–Crippen LogP) is 0.947. The third kappa shape index (κ3) is 2.44. The van der Waals surface area contributed by atoms with Gasteiger partial charge >= 0.3 is 5.88 Å². The fraction of sp³-hybridized carbons (Fsp3) is 0.125. The summed E-state index contributed by atoms with van der Waals surface area (Å²) >= 11 is 0. The van der Waals surface area contributed by atoms with E-state index in [9.17, 15) is 14.9 Å². The highest BCUT2D eigenvalue weighted by Crippen LogP contribution is 2.16. The van der Waals surface area contributed by atoms with Gasteiger partial charge in [-0.25, -0.2) is 0 Å². The van der Waals surface area contributed by atoms with Crippen LogP contribution in [0.2, 0.25) is 0 Å². The minimum Gasteiger partial charge on any atom is -0.401 e. The van der Waals surface area contributed by atoms with E-state index in [0.717, 1.165) is 0 Å². The van der Waals surface area contributed by atoms with E-state index in [1.54, 1.807) is 0 Å². The molecule has 0 aliphatic heterocycles. The zero-order valence-electron chi connectivity index (χ0n) is 7.39. The molecule has 0 bridgehead atoms. The first-order chi connectivity index (χ1) is 6.63. The van der Waals surface area contributed by atoms with Gasteiger partial charge in [-0.2, -0.15) is 0 Å². The Bertz CT molecular complexity index is 380. The Morgan fingerprint density at radius 2 is 2.36 bits per heavy atom. The Balaban J connectivity index is 2.73. The summed E-state index contributed by atoms with van der Waals surface area (Å²) in [5.74, 6) is -0.383. The van der Waals surface area contributed by atoms with Gasteiger partial charge < -0.3 is 9.73 Å². The molecule has 0 saturated carbocycles. The molecule has 0 spiro atoms. The van der Waals surface area contributed by atoms with Gasteiger partial charge in [0, 0.05) is 13.1 Å². The van der Waals surface area contributed by atoms with Crippen LogP contribution >= 0.6 is 0 Å². The molecule has 0 aliphatic carbocycles. The molecular formula is C8H8N2O4. The van der Waals surface area contributed by atoms with E-state index >= 15 is 0 Å². The van der Waals surface area contributed by atoms with Gasteiger partial charge in [0.2, 0.25) is 5.91 Å². The van der Waals surface area contributed by atoms with Crippen LogP contribution in [0.4, 0.5) is 5.88 Å². The smallest absolute Gasteiger partial charge is 0.401 e. The highest BCUT2D eigenvalue weighted by molar-refractivity contribution is 5.91. The van der Waals surface area contributed by atoms with E-state index in [2.05, 4.69) is 5.32 Å². The molecule has 0 fully saturated rings. The summed E-state index contributed by atoms with van der Waals surface area (Å²) in [4.78, 5) is 20.3. The average molecular weight is 196 g/mol. The molecule has 0 radical (unpaired) electrons. The molecule has 1 amide bonds. The number of carbonyl (C=O) groups is 1. The van der Waals surface area contributed by atoms with Crippen LogP contribution in [-0.4, -0.2) is 17.9 Å². The number of furan rings is 1. The standard InChI is InChI=1S/C8H8N2O4/c1-9-7(11)4-2-6-3-5-8(14-6)10(12)13/h2-5H,1H3,(H,9,11)/b4-2+. The molecule has 0 unspecified atom stereocenters. The van der Waals surface area contributed by atoms with Crippen LogP contribution in [0.5, 0.6) is 0 Å². The molecule has 14 heavy (non-hydrogen) atoms. The molecule has 1 aromatic rings. The minimum atomic E-state index is -0.642. The lowest BCUT2D eigenvalue weighted by atomic mass is 10.4. The van der Waals surface area contributed by atoms with Crippen molar-refractivity contribution in [1.82, 2.24) is 5.32 Å². The summed E-state index contributed by atoms with van der Waals surface area (Å²) in [6.07, 6.45) is 2.58. The van der Waals surface area contributed by atoms with Gasteiger partial charge in [-0.1, -0.05) is 0 Å². The van der Waals surface area contributed by atoms with Crippen LogP contribution in [-0.2, 0) is 4.79 Å². The molecule has 74 valence electrons. The number of nitrogens with zero attached hydrogens (tertiary/aromatic N) is 1. The van der Waals surface area contributed by atoms with Crippen molar-refractivity contribution >= 4 is 17.9 Å². The lowest BCUT2D eigenvalue weighted by molar-refractivity contribution is -0.402. The number of amides is 1. The van der Waals surface area contributed by atoms with Crippen molar-refractivity contribution in [1.29, 1.82) is 0 Å².